The maximum atomic E-state index is 13.2. The van der Waals surface area contributed by atoms with Gasteiger partial charge in [-0.05, 0) is 49.0 Å². The number of benzene rings is 1. The van der Waals surface area contributed by atoms with Gasteiger partial charge in [0.1, 0.15) is 5.82 Å². The molecule has 1 aromatic rings. The van der Waals surface area contributed by atoms with Gasteiger partial charge in [0, 0.05) is 12.1 Å². The van der Waals surface area contributed by atoms with E-state index in [0.717, 1.165) is 25.1 Å². The second-order valence-corrected chi connectivity index (χ2v) is 4.84. The summed E-state index contributed by atoms with van der Waals surface area (Å²) in [5.41, 5.74) is 1.73. The molecule has 2 unspecified atom stereocenters. The van der Waals surface area contributed by atoms with Crippen molar-refractivity contribution in [1.29, 1.82) is 0 Å². The van der Waals surface area contributed by atoms with Gasteiger partial charge in [0.2, 0.25) is 5.91 Å². The summed E-state index contributed by atoms with van der Waals surface area (Å²) in [7, 11) is 0. The summed E-state index contributed by atoms with van der Waals surface area (Å²) in [5, 5.41) is 6.08. The van der Waals surface area contributed by atoms with Gasteiger partial charge in [-0.15, -0.1) is 0 Å². The highest BCUT2D eigenvalue weighted by Crippen LogP contribution is 2.39. The van der Waals surface area contributed by atoms with Crippen molar-refractivity contribution in [3.8, 4) is 0 Å². The van der Waals surface area contributed by atoms with Crippen molar-refractivity contribution in [3.05, 3.63) is 29.6 Å². The Balaban J connectivity index is 1.98. The fourth-order valence-corrected chi connectivity index (χ4v) is 2.91. The summed E-state index contributed by atoms with van der Waals surface area (Å²) in [6.45, 7) is 1.97. The van der Waals surface area contributed by atoms with Crippen LogP contribution in [0.1, 0.15) is 24.3 Å². The molecular formula is C13H15FN2O. The fraction of sp³-hybridized carbons (Fsp3) is 0.462. The van der Waals surface area contributed by atoms with Gasteiger partial charge in [-0.1, -0.05) is 6.07 Å². The molecule has 0 aliphatic carbocycles. The molecule has 0 saturated carbocycles. The van der Waals surface area contributed by atoms with Crippen molar-refractivity contribution in [2.75, 3.05) is 18.4 Å². The third kappa shape index (κ3) is 1.93. The van der Waals surface area contributed by atoms with Crippen LogP contribution in [0.5, 0.6) is 0 Å². The SMILES string of the molecule is O=C1CC(C2CCNC2)c2ccc(F)cc2N1. The first-order valence-electron chi connectivity index (χ1n) is 6.04. The van der Waals surface area contributed by atoms with Crippen molar-refractivity contribution in [3.63, 3.8) is 0 Å². The molecule has 4 heteroatoms. The number of hydrogen-bond acceptors (Lipinski definition) is 2. The van der Waals surface area contributed by atoms with Crippen molar-refractivity contribution in [1.82, 2.24) is 5.32 Å². The average molecular weight is 234 g/mol. The first kappa shape index (κ1) is 10.7. The largest absolute Gasteiger partial charge is 0.326 e. The first-order valence-corrected chi connectivity index (χ1v) is 6.04. The summed E-state index contributed by atoms with van der Waals surface area (Å²) in [5.74, 6) is 0.425. The van der Waals surface area contributed by atoms with Crippen LogP contribution < -0.4 is 10.6 Å². The second-order valence-electron chi connectivity index (χ2n) is 4.84. The number of rotatable bonds is 1. The topological polar surface area (TPSA) is 41.1 Å². The molecule has 0 aromatic heterocycles. The van der Waals surface area contributed by atoms with Crippen molar-refractivity contribution in [2.45, 2.75) is 18.8 Å². The molecule has 1 fully saturated rings. The van der Waals surface area contributed by atoms with Gasteiger partial charge in [-0.2, -0.15) is 0 Å². The minimum absolute atomic E-state index is 0.000000000000000222. The zero-order valence-corrected chi connectivity index (χ0v) is 9.50. The van der Waals surface area contributed by atoms with Gasteiger partial charge in [0.15, 0.2) is 0 Å². The Morgan fingerprint density at radius 3 is 3.00 bits per heavy atom. The van der Waals surface area contributed by atoms with E-state index in [1.54, 1.807) is 0 Å². The maximum Gasteiger partial charge on any atom is 0.225 e. The Morgan fingerprint density at radius 1 is 1.35 bits per heavy atom. The zero-order chi connectivity index (χ0) is 11.8. The summed E-state index contributed by atoms with van der Waals surface area (Å²) >= 11 is 0. The van der Waals surface area contributed by atoms with Crippen LogP contribution in [0.25, 0.3) is 0 Å². The normalized spacial score (nSPS) is 27.7. The number of nitrogens with one attached hydrogen (secondary N) is 2. The molecule has 1 aromatic carbocycles. The molecule has 90 valence electrons. The second kappa shape index (κ2) is 4.11. The molecular weight excluding hydrogens is 219 g/mol. The zero-order valence-electron chi connectivity index (χ0n) is 9.50. The molecule has 17 heavy (non-hydrogen) atoms. The third-order valence-electron chi connectivity index (χ3n) is 3.76. The van der Waals surface area contributed by atoms with Gasteiger partial charge >= 0.3 is 0 Å². The lowest BCUT2D eigenvalue weighted by molar-refractivity contribution is -0.117. The minimum atomic E-state index is -0.297. The van der Waals surface area contributed by atoms with Crippen LogP contribution in [0, 0.1) is 11.7 Å². The van der Waals surface area contributed by atoms with E-state index >= 15 is 0 Å². The molecule has 1 amide bonds. The lowest BCUT2D eigenvalue weighted by Gasteiger charge is -2.29. The number of fused-ring (bicyclic) bond motifs is 1. The Kier molecular flexibility index (Phi) is 2.59. The van der Waals surface area contributed by atoms with Gasteiger partial charge in [0.25, 0.3) is 0 Å². The van der Waals surface area contributed by atoms with E-state index in [4.69, 9.17) is 0 Å². The van der Waals surface area contributed by atoms with Crippen molar-refractivity contribution >= 4 is 11.6 Å². The summed E-state index contributed by atoms with van der Waals surface area (Å²) < 4.78 is 13.2. The molecule has 1 saturated heterocycles. The number of amides is 1. The van der Waals surface area contributed by atoms with Crippen LogP contribution in [-0.4, -0.2) is 19.0 Å². The van der Waals surface area contributed by atoms with E-state index in [-0.39, 0.29) is 17.6 Å². The molecule has 0 spiro atoms. The molecule has 2 aliphatic rings. The van der Waals surface area contributed by atoms with E-state index in [0.29, 0.717) is 18.0 Å². The molecule has 0 radical (unpaired) electrons. The highest BCUT2D eigenvalue weighted by atomic mass is 19.1. The van der Waals surface area contributed by atoms with Crippen LogP contribution >= 0.6 is 0 Å². The number of carbonyl (C=O) groups excluding carboxylic acids is 1. The van der Waals surface area contributed by atoms with Crippen LogP contribution in [0.15, 0.2) is 18.2 Å². The van der Waals surface area contributed by atoms with Crippen LogP contribution in [-0.2, 0) is 4.79 Å². The Morgan fingerprint density at radius 2 is 2.24 bits per heavy atom. The monoisotopic (exact) mass is 234 g/mol. The predicted octanol–water partition coefficient (Wildman–Crippen LogP) is 1.86. The number of halogens is 1. The van der Waals surface area contributed by atoms with Gasteiger partial charge in [0.05, 0.1) is 0 Å². The Hall–Kier alpha value is -1.42. The number of carbonyl (C=O) groups is 1. The maximum absolute atomic E-state index is 13.2. The van der Waals surface area contributed by atoms with Crippen molar-refractivity contribution < 1.29 is 9.18 Å². The minimum Gasteiger partial charge on any atom is -0.326 e. The summed E-state index contributed by atoms with van der Waals surface area (Å²) in [4.78, 5) is 11.7. The van der Waals surface area contributed by atoms with E-state index in [1.165, 1.54) is 12.1 Å². The predicted molar refractivity (Wildman–Crippen MR) is 63.4 cm³/mol. The number of hydrogen-bond donors (Lipinski definition) is 2. The van der Waals surface area contributed by atoms with Crippen LogP contribution in [0.3, 0.4) is 0 Å². The lowest BCUT2D eigenvalue weighted by Crippen LogP contribution is -2.28. The standard InChI is InChI=1S/C13H15FN2O/c14-9-1-2-10-11(8-3-4-15-7-8)6-13(17)16-12(10)5-9/h1-2,5,8,11,15H,3-4,6-7H2,(H,16,17). The number of anilines is 1. The molecule has 0 bridgehead atoms. The quantitative estimate of drug-likeness (QED) is 0.778. The van der Waals surface area contributed by atoms with Crippen LogP contribution in [0.2, 0.25) is 0 Å². The molecule has 2 aliphatic heterocycles. The smallest absolute Gasteiger partial charge is 0.225 e. The van der Waals surface area contributed by atoms with Gasteiger partial charge < -0.3 is 10.6 Å². The van der Waals surface area contributed by atoms with Crippen LogP contribution in [0.4, 0.5) is 10.1 Å². The first-order chi connectivity index (χ1) is 8.24. The third-order valence-corrected chi connectivity index (χ3v) is 3.76. The lowest BCUT2D eigenvalue weighted by atomic mass is 9.80. The average Bonchev–Trinajstić information content (AvgIpc) is 2.80. The van der Waals surface area contributed by atoms with E-state index in [1.807, 2.05) is 6.07 Å². The molecule has 2 atom stereocenters. The molecule has 2 N–H and O–H groups in total. The summed E-state index contributed by atoms with van der Waals surface area (Å²) in [6, 6.07) is 4.71. The van der Waals surface area contributed by atoms with E-state index in [9.17, 15) is 9.18 Å². The fourth-order valence-electron chi connectivity index (χ4n) is 2.91. The Labute approximate surface area is 99.4 Å². The van der Waals surface area contributed by atoms with Crippen molar-refractivity contribution in [2.24, 2.45) is 5.92 Å². The van der Waals surface area contributed by atoms with E-state index < -0.39 is 0 Å². The highest BCUT2D eigenvalue weighted by molar-refractivity contribution is 5.94. The molecule has 3 nitrogen and oxygen atoms in total. The van der Waals surface area contributed by atoms with Gasteiger partial charge in [-0.25, -0.2) is 4.39 Å². The molecule has 3 rings (SSSR count). The highest BCUT2D eigenvalue weighted by Gasteiger charge is 2.33. The van der Waals surface area contributed by atoms with E-state index in [2.05, 4.69) is 10.6 Å². The molecule has 2 heterocycles. The Bertz CT molecular complexity index is 455. The van der Waals surface area contributed by atoms with Gasteiger partial charge in [-0.3, -0.25) is 4.79 Å². The summed E-state index contributed by atoms with van der Waals surface area (Å²) in [6.07, 6.45) is 1.61.